The van der Waals surface area contributed by atoms with E-state index in [1.54, 1.807) is 49.5 Å². The Hall–Kier alpha value is -5.26. The Morgan fingerprint density at radius 2 is 1.66 bits per heavy atom. The van der Waals surface area contributed by atoms with Crippen molar-refractivity contribution in [2.45, 2.75) is 25.9 Å². The van der Waals surface area contributed by atoms with Crippen LogP contribution in [-0.2, 0) is 16.1 Å². The number of likely N-dealkylation sites (N-methyl/N-ethyl adjacent to an activating group) is 1. The third-order valence-electron chi connectivity index (χ3n) is 6.33. The number of rotatable bonds is 10. The highest BCUT2D eigenvalue weighted by atomic mass is 16.7. The fraction of sp³-hybridized carbons (Fsp3) is 0.241. The number of amides is 5. The molecule has 0 aliphatic carbocycles. The van der Waals surface area contributed by atoms with Gasteiger partial charge in [-0.1, -0.05) is 36.4 Å². The van der Waals surface area contributed by atoms with E-state index in [4.69, 9.17) is 9.47 Å². The number of aliphatic carboxylic acids is 1. The Morgan fingerprint density at radius 1 is 0.927 bits per heavy atom. The topological polar surface area (TPSA) is 158 Å². The van der Waals surface area contributed by atoms with Gasteiger partial charge in [-0.15, -0.1) is 0 Å². The number of urea groups is 2. The molecule has 0 bridgehead atoms. The van der Waals surface area contributed by atoms with Crippen LogP contribution in [0, 0.1) is 6.92 Å². The van der Waals surface area contributed by atoms with Crippen molar-refractivity contribution < 1.29 is 33.8 Å². The normalized spacial score (nSPS) is 12.1. The van der Waals surface area contributed by atoms with Gasteiger partial charge in [0.25, 0.3) is 0 Å². The van der Waals surface area contributed by atoms with Gasteiger partial charge < -0.3 is 40.7 Å². The van der Waals surface area contributed by atoms with E-state index in [1.165, 1.54) is 4.90 Å². The van der Waals surface area contributed by atoms with Crippen LogP contribution < -0.4 is 30.7 Å². The first-order chi connectivity index (χ1) is 19.7. The second kappa shape index (κ2) is 13.2. The Bertz CT molecular complexity index is 1430. The first-order valence-electron chi connectivity index (χ1n) is 12.8. The van der Waals surface area contributed by atoms with E-state index in [9.17, 15) is 24.3 Å². The second-order valence-electron chi connectivity index (χ2n) is 9.43. The molecule has 41 heavy (non-hydrogen) atoms. The van der Waals surface area contributed by atoms with Gasteiger partial charge in [-0.05, 0) is 53.9 Å². The Balaban J connectivity index is 1.24. The molecule has 5 amide bonds. The summed E-state index contributed by atoms with van der Waals surface area (Å²) in [6.45, 7) is 1.96. The van der Waals surface area contributed by atoms with Gasteiger partial charge in [-0.2, -0.15) is 0 Å². The maximum atomic E-state index is 12.6. The van der Waals surface area contributed by atoms with Crippen LogP contribution in [0.2, 0.25) is 0 Å². The summed E-state index contributed by atoms with van der Waals surface area (Å²) in [7, 11) is 1.60. The number of anilines is 2. The zero-order valence-corrected chi connectivity index (χ0v) is 22.6. The predicted molar refractivity (Wildman–Crippen MR) is 151 cm³/mol. The van der Waals surface area contributed by atoms with Crippen LogP contribution in [0.15, 0.2) is 66.7 Å². The largest absolute Gasteiger partial charge is 0.481 e. The van der Waals surface area contributed by atoms with Crippen LogP contribution in [0.4, 0.5) is 21.0 Å². The van der Waals surface area contributed by atoms with Gasteiger partial charge in [-0.25, -0.2) is 9.59 Å². The third-order valence-corrected chi connectivity index (χ3v) is 6.33. The number of carboxylic acid groups (broad SMARTS) is 1. The molecule has 1 atom stereocenters. The Labute approximate surface area is 236 Å². The summed E-state index contributed by atoms with van der Waals surface area (Å²) >= 11 is 0. The van der Waals surface area contributed by atoms with Crippen molar-refractivity contribution in [3.05, 3.63) is 83.4 Å². The standard InChI is InChI=1S/C29H31N5O7/c1-18-5-3-4-6-22(18)32-29(39)31-21-10-7-19(8-11-21)16-34(2)26(35)15-30-28(38)33-23(14-27(36)37)20-9-12-24-25(13-20)41-17-40-24/h3-13,23H,14-17H2,1-2H3,(H,36,37)(H2,30,33,38)(H2,31,32,39). The van der Waals surface area contributed by atoms with Crippen LogP contribution in [0.5, 0.6) is 11.5 Å². The fourth-order valence-electron chi connectivity index (χ4n) is 4.11. The molecule has 1 aliphatic rings. The molecule has 3 aromatic rings. The van der Waals surface area contributed by atoms with Crippen molar-refractivity contribution in [2.24, 2.45) is 0 Å². The minimum Gasteiger partial charge on any atom is -0.481 e. The maximum absolute atomic E-state index is 12.6. The Morgan fingerprint density at radius 3 is 2.39 bits per heavy atom. The van der Waals surface area contributed by atoms with Gasteiger partial charge in [0.2, 0.25) is 12.7 Å². The number of para-hydroxylation sites is 1. The molecule has 0 radical (unpaired) electrons. The number of fused-ring (bicyclic) bond motifs is 1. The van der Waals surface area contributed by atoms with Crippen LogP contribution in [0.1, 0.15) is 29.2 Å². The number of carboxylic acids is 1. The molecular formula is C29H31N5O7. The summed E-state index contributed by atoms with van der Waals surface area (Å²) in [4.78, 5) is 50.2. The Kier molecular flexibility index (Phi) is 9.25. The number of hydrogen-bond donors (Lipinski definition) is 5. The number of aryl methyl sites for hydroxylation is 1. The van der Waals surface area contributed by atoms with Gasteiger partial charge in [0.1, 0.15) is 0 Å². The lowest BCUT2D eigenvalue weighted by atomic mass is 10.0. The molecule has 0 fully saturated rings. The molecule has 214 valence electrons. The van der Waals surface area contributed by atoms with Gasteiger partial charge in [0.15, 0.2) is 11.5 Å². The fourth-order valence-corrected chi connectivity index (χ4v) is 4.11. The van der Waals surface area contributed by atoms with E-state index in [0.717, 1.165) is 16.8 Å². The molecule has 0 saturated heterocycles. The molecule has 0 aromatic heterocycles. The first kappa shape index (κ1) is 28.7. The predicted octanol–water partition coefficient (Wildman–Crippen LogP) is 3.84. The quantitative estimate of drug-likeness (QED) is 0.252. The van der Waals surface area contributed by atoms with Gasteiger partial charge >= 0.3 is 18.0 Å². The molecule has 3 aromatic carbocycles. The number of nitrogens with zero attached hydrogens (tertiary/aromatic N) is 1. The van der Waals surface area contributed by atoms with Crippen molar-refractivity contribution in [1.29, 1.82) is 0 Å². The van der Waals surface area contributed by atoms with E-state index in [-0.39, 0.29) is 38.2 Å². The van der Waals surface area contributed by atoms with Crippen molar-refractivity contribution in [2.75, 3.05) is 31.0 Å². The van der Waals surface area contributed by atoms with Crippen molar-refractivity contribution >= 4 is 35.3 Å². The lowest BCUT2D eigenvalue weighted by molar-refractivity contribution is -0.137. The highest BCUT2D eigenvalue weighted by Gasteiger charge is 2.22. The summed E-state index contributed by atoms with van der Waals surface area (Å²) in [6.07, 6.45) is -0.362. The molecule has 1 unspecified atom stereocenters. The lowest BCUT2D eigenvalue weighted by Gasteiger charge is -2.20. The molecule has 4 rings (SSSR count). The van der Waals surface area contributed by atoms with Crippen molar-refractivity contribution in [1.82, 2.24) is 15.5 Å². The molecule has 1 heterocycles. The number of carbonyl (C=O) groups excluding carboxylic acids is 3. The number of benzene rings is 3. The minimum absolute atomic E-state index is 0.0681. The lowest BCUT2D eigenvalue weighted by Crippen LogP contribution is -2.43. The summed E-state index contributed by atoms with van der Waals surface area (Å²) < 4.78 is 10.6. The zero-order chi connectivity index (χ0) is 29.4. The highest BCUT2D eigenvalue weighted by Crippen LogP contribution is 2.34. The SMILES string of the molecule is Cc1ccccc1NC(=O)Nc1ccc(CN(C)C(=O)CNC(=O)NC(CC(=O)O)c2ccc3c(c2)OCO3)cc1. The maximum Gasteiger partial charge on any atom is 0.323 e. The molecule has 0 saturated carbocycles. The molecule has 5 N–H and O–H groups in total. The summed E-state index contributed by atoms with van der Waals surface area (Å²) in [5.41, 5.74) is 3.60. The second-order valence-corrected chi connectivity index (χ2v) is 9.43. The van der Waals surface area contributed by atoms with Gasteiger partial charge in [-0.3, -0.25) is 9.59 Å². The molecule has 12 nitrogen and oxygen atoms in total. The van der Waals surface area contributed by atoms with E-state index in [2.05, 4.69) is 21.3 Å². The van der Waals surface area contributed by atoms with Crippen LogP contribution in [0.25, 0.3) is 0 Å². The summed E-state index contributed by atoms with van der Waals surface area (Å²) in [5, 5.41) is 20.0. The van der Waals surface area contributed by atoms with Crippen LogP contribution in [-0.4, -0.2) is 54.3 Å². The molecular weight excluding hydrogens is 530 g/mol. The van der Waals surface area contributed by atoms with E-state index < -0.39 is 18.0 Å². The minimum atomic E-state index is -1.10. The van der Waals surface area contributed by atoms with Gasteiger partial charge in [0, 0.05) is 25.0 Å². The van der Waals surface area contributed by atoms with Crippen LogP contribution in [0.3, 0.4) is 0 Å². The van der Waals surface area contributed by atoms with Crippen LogP contribution >= 0.6 is 0 Å². The van der Waals surface area contributed by atoms with E-state index >= 15 is 0 Å². The summed E-state index contributed by atoms with van der Waals surface area (Å²) in [5.74, 6) is -0.448. The van der Waals surface area contributed by atoms with Gasteiger partial charge in [0.05, 0.1) is 19.0 Å². The smallest absolute Gasteiger partial charge is 0.323 e. The third kappa shape index (κ3) is 8.12. The zero-order valence-electron chi connectivity index (χ0n) is 22.6. The summed E-state index contributed by atoms with van der Waals surface area (Å²) in [6, 6.07) is 17.5. The monoisotopic (exact) mass is 561 g/mol. The average Bonchev–Trinajstić information content (AvgIpc) is 3.41. The first-order valence-corrected chi connectivity index (χ1v) is 12.8. The van der Waals surface area contributed by atoms with Crippen molar-refractivity contribution in [3.8, 4) is 11.5 Å². The number of hydrogen-bond acceptors (Lipinski definition) is 6. The average molecular weight is 562 g/mol. The molecule has 12 heteroatoms. The molecule has 0 spiro atoms. The molecule has 1 aliphatic heterocycles. The number of nitrogens with one attached hydrogen (secondary N) is 4. The van der Waals surface area contributed by atoms with Crippen molar-refractivity contribution in [3.63, 3.8) is 0 Å². The van der Waals surface area contributed by atoms with E-state index in [1.807, 2.05) is 31.2 Å². The number of carbonyl (C=O) groups is 4. The van der Waals surface area contributed by atoms with E-state index in [0.29, 0.717) is 22.7 Å². The highest BCUT2D eigenvalue weighted by molar-refractivity contribution is 6.00. The number of ether oxygens (including phenoxy) is 2.